The third kappa shape index (κ3) is 3.94. The molecule has 3 amide bonds. The Kier molecular flexibility index (Phi) is 5.84. The number of amides is 3. The molecule has 0 radical (unpaired) electrons. The maximum atomic E-state index is 12.5. The van der Waals surface area contributed by atoms with Crippen LogP contribution in [0.3, 0.4) is 0 Å². The number of ether oxygens (including phenoxy) is 1. The summed E-state index contributed by atoms with van der Waals surface area (Å²) in [6.07, 6.45) is 4.75. The van der Waals surface area contributed by atoms with E-state index in [0.29, 0.717) is 23.6 Å². The van der Waals surface area contributed by atoms with Crippen LogP contribution in [0.5, 0.6) is 0 Å². The molecular weight excluding hydrogens is 384 g/mol. The summed E-state index contributed by atoms with van der Waals surface area (Å²) in [7, 11) is 0. The molecule has 3 rings (SSSR count). The minimum Gasteiger partial charge on any atom is -0.454 e. The minimum atomic E-state index is -1.07. The molecule has 148 valence electrons. The van der Waals surface area contributed by atoms with E-state index in [4.69, 9.17) is 16.3 Å². The number of esters is 1. The van der Waals surface area contributed by atoms with Crippen molar-refractivity contribution in [3.05, 3.63) is 40.9 Å². The molecule has 1 aromatic carbocycles. The van der Waals surface area contributed by atoms with Crippen LogP contribution < -0.4 is 5.32 Å². The van der Waals surface area contributed by atoms with Crippen molar-refractivity contribution in [3.8, 4) is 0 Å². The predicted molar refractivity (Wildman–Crippen MR) is 102 cm³/mol. The van der Waals surface area contributed by atoms with Gasteiger partial charge in [-0.3, -0.25) is 19.3 Å². The summed E-state index contributed by atoms with van der Waals surface area (Å²) in [5.74, 6) is -2.86. The van der Waals surface area contributed by atoms with Gasteiger partial charge in [-0.2, -0.15) is 0 Å². The van der Waals surface area contributed by atoms with E-state index in [2.05, 4.69) is 5.32 Å². The van der Waals surface area contributed by atoms with Gasteiger partial charge in [0.15, 0.2) is 6.61 Å². The number of anilines is 1. The Morgan fingerprint density at radius 2 is 1.82 bits per heavy atom. The average molecular weight is 405 g/mol. The molecule has 28 heavy (non-hydrogen) atoms. The molecule has 1 aliphatic carbocycles. The molecule has 1 aromatic rings. The van der Waals surface area contributed by atoms with Crippen molar-refractivity contribution < 1.29 is 23.9 Å². The number of hydrogen-bond acceptors (Lipinski definition) is 5. The molecule has 1 fully saturated rings. The van der Waals surface area contributed by atoms with Gasteiger partial charge in [0.2, 0.25) is 11.8 Å². The van der Waals surface area contributed by atoms with Crippen molar-refractivity contribution in [1.82, 2.24) is 4.90 Å². The second kappa shape index (κ2) is 8.14. The fraction of sp³-hybridized carbons (Fsp3) is 0.400. The van der Waals surface area contributed by atoms with Gasteiger partial charge in [-0.05, 0) is 50.5 Å². The number of benzene rings is 1. The van der Waals surface area contributed by atoms with E-state index >= 15 is 0 Å². The molecule has 0 spiro atoms. The summed E-state index contributed by atoms with van der Waals surface area (Å²) < 4.78 is 5.03. The van der Waals surface area contributed by atoms with Gasteiger partial charge >= 0.3 is 5.97 Å². The lowest BCUT2D eigenvalue weighted by molar-refractivity contribution is -0.159. The standard InChI is InChI=1S/C20H21ClN2O5/c1-11-9-13(21)7-8-16(11)22-17(24)10-28-20(27)12(2)23-18(25)14-5-3-4-6-15(14)19(23)26/h3-4,7-9,12,14-15H,5-6,10H2,1-2H3,(H,22,24)/t12-,14-,15-/m0/s1. The maximum Gasteiger partial charge on any atom is 0.329 e. The summed E-state index contributed by atoms with van der Waals surface area (Å²) in [6, 6.07) is 3.91. The Labute approximate surface area is 167 Å². The minimum absolute atomic E-state index is 0.356. The Morgan fingerprint density at radius 3 is 2.39 bits per heavy atom. The zero-order valence-electron chi connectivity index (χ0n) is 15.6. The third-order valence-electron chi connectivity index (χ3n) is 5.08. The lowest BCUT2D eigenvalue weighted by Crippen LogP contribution is -2.45. The second-order valence-corrected chi connectivity index (χ2v) is 7.43. The molecule has 0 aromatic heterocycles. The average Bonchev–Trinajstić information content (AvgIpc) is 2.92. The van der Waals surface area contributed by atoms with Gasteiger partial charge in [-0.1, -0.05) is 23.8 Å². The zero-order chi connectivity index (χ0) is 20.4. The molecule has 0 bridgehead atoms. The number of halogens is 1. The van der Waals surface area contributed by atoms with Gasteiger partial charge in [0.1, 0.15) is 6.04 Å². The summed E-state index contributed by atoms with van der Waals surface area (Å²) in [6.45, 7) is 2.70. The zero-order valence-corrected chi connectivity index (χ0v) is 16.4. The molecule has 1 N–H and O–H groups in total. The lowest BCUT2D eigenvalue weighted by Gasteiger charge is -2.21. The first-order valence-electron chi connectivity index (χ1n) is 9.04. The smallest absolute Gasteiger partial charge is 0.329 e. The van der Waals surface area contributed by atoms with E-state index in [-0.39, 0.29) is 11.8 Å². The highest BCUT2D eigenvalue weighted by Gasteiger charge is 2.50. The number of hydrogen-bond donors (Lipinski definition) is 1. The van der Waals surface area contributed by atoms with E-state index < -0.39 is 36.4 Å². The fourth-order valence-electron chi connectivity index (χ4n) is 3.52. The van der Waals surface area contributed by atoms with Gasteiger partial charge in [0, 0.05) is 10.7 Å². The van der Waals surface area contributed by atoms with Gasteiger partial charge in [0.05, 0.1) is 11.8 Å². The quantitative estimate of drug-likeness (QED) is 0.462. The summed E-state index contributed by atoms with van der Waals surface area (Å²) in [5.41, 5.74) is 1.32. The first kappa shape index (κ1) is 20.1. The maximum absolute atomic E-state index is 12.5. The SMILES string of the molecule is Cc1cc(Cl)ccc1NC(=O)COC(=O)[C@H](C)N1C(=O)[C@H]2CC=CC[C@@H]2C1=O. The highest BCUT2D eigenvalue weighted by molar-refractivity contribution is 6.30. The molecule has 8 heteroatoms. The Balaban J connectivity index is 1.56. The molecule has 0 unspecified atom stereocenters. The van der Waals surface area contributed by atoms with Crippen molar-refractivity contribution >= 4 is 41.0 Å². The molecule has 2 aliphatic rings. The summed E-state index contributed by atoms with van der Waals surface area (Å²) in [5, 5.41) is 3.18. The second-order valence-electron chi connectivity index (χ2n) is 6.99. The first-order chi connectivity index (χ1) is 13.3. The van der Waals surface area contributed by atoms with Crippen LogP contribution in [0.4, 0.5) is 5.69 Å². The van der Waals surface area contributed by atoms with E-state index in [9.17, 15) is 19.2 Å². The molecule has 7 nitrogen and oxygen atoms in total. The molecule has 0 saturated carbocycles. The number of nitrogens with zero attached hydrogens (tertiary/aromatic N) is 1. The highest BCUT2D eigenvalue weighted by Crippen LogP contribution is 2.36. The third-order valence-corrected chi connectivity index (χ3v) is 5.31. The monoisotopic (exact) mass is 404 g/mol. The van der Waals surface area contributed by atoms with E-state index in [1.807, 2.05) is 12.2 Å². The normalized spacial score (nSPS) is 22.0. The number of fused-ring (bicyclic) bond motifs is 1. The van der Waals surface area contributed by atoms with Crippen LogP contribution >= 0.6 is 11.6 Å². The number of nitrogens with one attached hydrogen (secondary N) is 1. The largest absolute Gasteiger partial charge is 0.454 e. The van der Waals surface area contributed by atoms with E-state index in [0.717, 1.165) is 10.5 Å². The number of rotatable bonds is 5. The predicted octanol–water partition coefficient (Wildman–Crippen LogP) is 2.47. The molecule has 3 atom stereocenters. The van der Waals surface area contributed by atoms with Gasteiger partial charge in [0.25, 0.3) is 5.91 Å². The molecule has 1 aliphatic heterocycles. The number of allylic oxidation sites excluding steroid dienone is 2. The number of likely N-dealkylation sites (tertiary alicyclic amines) is 1. The van der Waals surface area contributed by atoms with Crippen LogP contribution in [0.2, 0.25) is 5.02 Å². The number of aryl methyl sites for hydroxylation is 1. The van der Waals surface area contributed by atoms with E-state index in [1.54, 1.807) is 25.1 Å². The van der Waals surface area contributed by atoms with Crippen LogP contribution in [0.15, 0.2) is 30.4 Å². The van der Waals surface area contributed by atoms with Crippen molar-refractivity contribution in [3.63, 3.8) is 0 Å². The molecule has 1 saturated heterocycles. The first-order valence-corrected chi connectivity index (χ1v) is 9.42. The van der Waals surface area contributed by atoms with Gasteiger partial charge in [-0.25, -0.2) is 4.79 Å². The van der Waals surface area contributed by atoms with Gasteiger partial charge < -0.3 is 10.1 Å². The molecular formula is C20H21ClN2O5. The van der Waals surface area contributed by atoms with Crippen molar-refractivity contribution in [2.24, 2.45) is 11.8 Å². The van der Waals surface area contributed by atoms with E-state index in [1.165, 1.54) is 6.92 Å². The lowest BCUT2D eigenvalue weighted by atomic mass is 9.85. The Hall–Kier alpha value is -2.67. The van der Waals surface area contributed by atoms with Crippen LogP contribution in [-0.2, 0) is 23.9 Å². The summed E-state index contributed by atoms with van der Waals surface area (Å²) >= 11 is 5.88. The number of imide groups is 1. The van der Waals surface area contributed by atoms with Crippen LogP contribution in [0, 0.1) is 18.8 Å². The Morgan fingerprint density at radius 1 is 1.21 bits per heavy atom. The number of carbonyl (C=O) groups is 4. The Bertz CT molecular complexity index is 840. The van der Waals surface area contributed by atoms with Crippen molar-refractivity contribution in [2.75, 3.05) is 11.9 Å². The molecule has 1 heterocycles. The fourth-order valence-corrected chi connectivity index (χ4v) is 3.75. The van der Waals surface area contributed by atoms with Crippen molar-refractivity contribution in [2.45, 2.75) is 32.7 Å². The van der Waals surface area contributed by atoms with Crippen LogP contribution in [0.1, 0.15) is 25.3 Å². The number of carbonyl (C=O) groups excluding carboxylic acids is 4. The van der Waals surface area contributed by atoms with Crippen molar-refractivity contribution in [1.29, 1.82) is 0 Å². The highest BCUT2D eigenvalue weighted by atomic mass is 35.5. The topological polar surface area (TPSA) is 92.8 Å². The summed E-state index contributed by atoms with van der Waals surface area (Å²) in [4.78, 5) is 50.4. The van der Waals surface area contributed by atoms with Gasteiger partial charge in [-0.15, -0.1) is 0 Å². The van der Waals surface area contributed by atoms with Crippen LogP contribution in [0.25, 0.3) is 0 Å². The van der Waals surface area contributed by atoms with Crippen LogP contribution in [-0.4, -0.2) is 41.2 Å².